The third kappa shape index (κ3) is 28.6. The summed E-state index contributed by atoms with van der Waals surface area (Å²) in [6.45, 7) is 4.78. The highest BCUT2D eigenvalue weighted by molar-refractivity contribution is 5.87. The van der Waals surface area contributed by atoms with E-state index in [1.807, 2.05) is 0 Å². The van der Waals surface area contributed by atoms with Crippen molar-refractivity contribution in [3.8, 4) is 0 Å². The summed E-state index contributed by atoms with van der Waals surface area (Å²) in [6, 6.07) is -1.27. The highest BCUT2D eigenvalue weighted by Gasteiger charge is 2.20. The standard InChI is InChI=1S/C36H70N8O6/c1-2-3-7-20-31(45)40-26-16-6-10-23-34(48)44-30(19-12-14-25-38)36(50)42-28-17-4-8-21-32(46)41-27-15-5-9-22-33(47)43-29(35(39)49)18-11-13-24-37/h29-30H,2-28,37-38H2,1H3,(H2,39,49)(H,40,45)(H,41,46)(H,42,50)(H,43,47)(H,44,48). The molecule has 11 N–H and O–H groups in total. The number of rotatable bonds is 34. The van der Waals surface area contributed by atoms with Gasteiger partial charge in [-0.3, -0.25) is 28.8 Å². The molecule has 0 rings (SSSR count). The van der Waals surface area contributed by atoms with Crippen LogP contribution in [0.4, 0.5) is 0 Å². The van der Waals surface area contributed by atoms with Crippen molar-refractivity contribution in [2.45, 2.75) is 160 Å². The molecular formula is C36H70N8O6. The van der Waals surface area contributed by atoms with Crippen LogP contribution < -0.4 is 43.8 Å². The third-order valence-corrected chi connectivity index (χ3v) is 8.42. The van der Waals surface area contributed by atoms with Crippen LogP contribution in [0, 0.1) is 0 Å². The van der Waals surface area contributed by atoms with Gasteiger partial charge in [0.15, 0.2) is 0 Å². The van der Waals surface area contributed by atoms with E-state index in [4.69, 9.17) is 17.2 Å². The summed E-state index contributed by atoms with van der Waals surface area (Å²) in [4.78, 5) is 73.0. The molecule has 50 heavy (non-hydrogen) atoms. The number of carbonyl (C=O) groups is 6. The Balaban J connectivity index is 4.08. The average Bonchev–Trinajstić information content (AvgIpc) is 3.08. The molecule has 290 valence electrons. The lowest BCUT2D eigenvalue weighted by molar-refractivity contribution is -0.129. The zero-order valence-electron chi connectivity index (χ0n) is 30.9. The molecule has 0 bridgehead atoms. The van der Waals surface area contributed by atoms with Gasteiger partial charge in [-0.25, -0.2) is 0 Å². The minimum atomic E-state index is -0.667. The maximum atomic E-state index is 12.8. The Morgan fingerprint density at radius 1 is 0.460 bits per heavy atom. The molecule has 14 heteroatoms. The van der Waals surface area contributed by atoms with E-state index in [0.29, 0.717) is 90.5 Å². The van der Waals surface area contributed by atoms with Crippen LogP contribution in [0.15, 0.2) is 0 Å². The second-order valence-corrected chi connectivity index (χ2v) is 13.1. The Hall–Kier alpha value is -3.26. The molecule has 0 aliphatic heterocycles. The Labute approximate surface area is 300 Å². The summed E-state index contributed by atoms with van der Waals surface area (Å²) >= 11 is 0. The van der Waals surface area contributed by atoms with Crippen molar-refractivity contribution in [1.82, 2.24) is 26.6 Å². The number of amides is 6. The third-order valence-electron chi connectivity index (χ3n) is 8.42. The molecule has 0 heterocycles. The predicted molar refractivity (Wildman–Crippen MR) is 197 cm³/mol. The normalized spacial score (nSPS) is 12.1. The van der Waals surface area contributed by atoms with E-state index in [9.17, 15) is 28.8 Å². The SMILES string of the molecule is CCCCCC(=O)NCCCCCC(=O)NC(CCCCN)C(=O)NCCCCCC(=O)NCCCCCC(=O)NC(CCCCN)C(N)=O. The molecule has 0 aliphatic rings. The molecular weight excluding hydrogens is 640 g/mol. The summed E-state index contributed by atoms with van der Waals surface area (Å²) in [7, 11) is 0. The van der Waals surface area contributed by atoms with Gasteiger partial charge in [0.2, 0.25) is 35.4 Å². The number of nitrogens with one attached hydrogen (secondary N) is 5. The smallest absolute Gasteiger partial charge is 0.242 e. The van der Waals surface area contributed by atoms with Crippen molar-refractivity contribution in [1.29, 1.82) is 0 Å². The Kier molecular flexibility index (Phi) is 30.8. The number of primary amides is 1. The number of carbonyl (C=O) groups excluding carboxylic acids is 6. The Bertz CT molecular complexity index is 952. The summed E-state index contributed by atoms with van der Waals surface area (Å²) in [5.74, 6) is -1.04. The van der Waals surface area contributed by atoms with Crippen molar-refractivity contribution in [3.05, 3.63) is 0 Å². The van der Waals surface area contributed by atoms with Crippen LogP contribution in [0.3, 0.4) is 0 Å². The van der Waals surface area contributed by atoms with Crippen LogP contribution in [0.5, 0.6) is 0 Å². The molecule has 0 aromatic carbocycles. The first kappa shape index (κ1) is 46.7. The molecule has 0 spiro atoms. The molecule has 0 saturated heterocycles. The zero-order valence-corrected chi connectivity index (χ0v) is 30.9. The maximum absolute atomic E-state index is 12.8. The number of hydrogen-bond acceptors (Lipinski definition) is 8. The van der Waals surface area contributed by atoms with Crippen LogP contribution >= 0.6 is 0 Å². The number of nitrogens with two attached hydrogens (primary N) is 3. The summed E-state index contributed by atoms with van der Waals surface area (Å²) in [5.41, 5.74) is 16.5. The fraction of sp³-hybridized carbons (Fsp3) is 0.833. The molecule has 0 aromatic heterocycles. The van der Waals surface area contributed by atoms with Gasteiger partial charge < -0.3 is 43.8 Å². The largest absolute Gasteiger partial charge is 0.368 e. The van der Waals surface area contributed by atoms with Crippen LogP contribution in [-0.4, -0.2) is 80.3 Å². The van der Waals surface area contributed by atoms with Crippen LogP contribution in [-0.2, 0) is 28.8 Å². The van der Waals surface area contributed by atoms with Crippen molar-refractivity contribution in [3.63, 3.8) is 0 Å². The van der Waals surface area contributed by atoms with E-state index in [0.717, 1.165) is 83.5 Å². The van der Waals surface area contributed by atoms with Gasteiger partial charge in [-0.15, -0.1) is 0 Å². The molecule has 2 unspecified atom stereocenters. The highest BCUT2D eigenvalue weighted by atomic mass is 16.2. The van der Waals surface area contributed by atoms with Gasteiger partial charge in [-0.2, -0.15) is 0 Å². The van der Waals surface area contributed by atoms with Crippen molar-refractivity contribution >= 4 is 35.4 Å². The first-order chi connectivity index (χ1) is 24.1. The van der Waals surface area contributed by atoms with Crippen LogP contribution in [0.25, 0.3) is 0 Å². The first-order valence-corrected chi connectivity index (χ1v) is 19.2. The molecule has 14 nitrogen and oxygen atoms in total. The van der Waals surface area contributed by atoms with Gasteiger partial charge in [0.25, 0.3) is 0 Å². The predicted octanol–water partition coefficient (Wildman–Crippen LogP) is 2.31. The fourth-order valence-electron chi connectivity index (χ4n) is 5.34. The van der Waals surface area contributed by atoms with Gasteiger partial charge in [0.05, 0.1) is 0 Å². The molecule has 0 aromatic rings. The molecule has 6 amide bonds. The monoisotopic (exact) mass is 711 g/mol. The fourth-order valence-corrected chi connectivity index (χ4v) is 5.34. The lowest BCUT2D eigenvalue weighted by atomic mass is 10.1. The summed E-state index contributed by atoms with van der Waals surface area (Å²) in [6.07, 6.45) is 15.4. The van der Waals surface area contributed by atoms with Crippen molar-refractivity contribution in [2.75, 3.05) is 32.7 Å². The topological polar surface area (TPSA) is 241 Å². The van der Waals surface area contributed by atoms with Crippen LogP contribution in [0.1, 0.15) is 148 Å². The highest BCUT2D eigenvalue weighted by Crippen LogP contribution is 2.07. The van der Waals surface area contributed by atoms with Gasteiger partial charge >= 0.3 is 0 Å². The van der Waals surface area contributed by atoms with Crippen molar-refractivity contribution in [2.24, 2.45) is 17.2 Å². The number of unbranched alkanes of at least 4 members (excludes halogenated alkanes) is 10. The van der Waals surface area contributed by atoms with Crippen LogP contribution in [0.2, 0.25) is 0 Å². The number of hydrogen-bond donors (Lipinski definition) is 8. The van der Waals surface area contributed by atoms with E-state index in [-0.39, 0.29) is 29.5 Å². The van der Waals surface area contributed by atoms with E-state index in [1.54, 1.807) is 0 Å². The minimum absolute atomic E-state index is 0.0246. The molecule has 0 aliphatic carbocycles. The molecule has 2 atom stereocenters. The average molecular weight is 711 g/mol. The quantitative estimate of drug-likeness (QED) is 0.0460. The van der Waals surface area contributed by atoms with Crippen molar-refractivity contribution < 1.29 is 28.8 Å². The first-order valence-electron chi connectivity index (χ1n) is 19.2. The van der Waals surface area contributed by atoms with E-state index < -0.39 is 18.0 Å². The van der Waals surface area contributed by atoms with E-state index in [1.165, 1.54) is 0 Å². The minimum Gasteiger partial charge on any atom is -0.368 e. The second kappa shape index (κ2) is 32.9. The van der Waals surface area contributed by atoms with Gasteiger partial charge in [-0.05, 0) is 96.6 Å². The summed E-state index contributed by atoms with van der Waals surface area (Å²) in [5, 5.41) is 14.3. The Morgan fingerprint density at radius 2 is 0.860 bits per heavy atom. The molecule has 0 radical (unpaired) electrons. The Morgan fingerprint density at radius 3 is 1.30 bits per heavy atom. The summed E-state index contributed by atoms with van der Waals surface area (Å²) < 4.78 is 0. The maximum Gasteiger partial charge on any atom is 0.242 e. The van der Waals surface area contributed by atoms with Gasteiger partial charge in [0.1, 0.15) is 12.1 Å². The molecule has 0 fully saturated rings. The van der Waals surface area contributed by atoms with E-state index >= 15 is 0 Å². The van der Waals surface area contributed by atoms with Gasteiger partial charge in [-0.1, -0.05) is 39.0 Å². The van der Waals surface area contributed by atoms with E-state index in [2.05, 4.69) is 33.5 Å². The zero-order chi connectivity index (χ0) is 37.2. The lowest BCUT2D eigenvalue weighted by Crippen LogP contribution is -2.47. The second-order valence-electron chi connectivity index (χ2n) is 13.1. The lowest BCUT2D eigenvalue weighted by Gasteiger charge is -2.18. The molecule has 0 saturated carbocycles. The van der Waals surface area contributed by atoms with Gasteiger partial charge in [0, 0.05) is 45.3 Å².